The SMILES string of the molecule is CCOC(=O)C1=C(CN2CCC(C(=O)OCC)CC2)NC(=O)N[C@@H]1c1ccc(F)c(F)c1. The number of urea groups is 1. The second-order valence-electron chi connectivity index (χ2n) is 7.62. The number of hydrogen-bond donors (Lipinski definition) is 2. The number of rotatable bonds is 7. The summed E-state index contributed by atoms with van der Waals surface area (Å²) in [5.74, 6) is -3.16. The number of piperidine rings is 1. The Bertz CT molecular complexity index is 913. The molecular weight excluding hydrogens is 424 g/mol. The number of carbonyl (C=O) groups excluding carboxylic acids is 3. The summed E-state index contributed by atoms with van der Waals surface area (Å²) >= 11 is 0. The average Bonchev–Trinajstić information content (AvgIpc) is 2.76. The van der Waals surface area contributed by atoms with E-state index in [2.05, 4.69) is 10.6 Å². The van der Waals surface area contributed by atoms with E-state index in [0.717, 1.165) is 12.1 Å². The van der Waals surface area contributed by atoms with E-state index in [-0.39, 0.29) is 36.2 Å². The first-order valence-corrected chi connectivity index (χ1v) is 10.7. The maximum absolute atomic E-state index is 13.9. The summed E-state index contributed by atoms with van der Waals surface area (Å²) in [6, 6.07) is 1.65. The Hall–Kier alpha value is -3.01. The van der Waals surface area contributed by atoms with E-state index < -0.39 is 29.7 Å². The Morgan fingerprint density at radius 3 is 2.41 bits per heavy atom. The van der Waals surface area contributed by atoms with Crippen LogP contribution in [0.25, 0.3) is 0 Å². The summed E-state index contributed by atoms with van der Waals surface area (Å²) in [4.78, 5) is 39.1. The molecule has 2 N–H and O–H groups in total. The Kier molecular flexibility index (Phi) is 7.79. The molecule has 0 saturated carbocycles. The molecule has 0 aromatic heterocycles. The number of amides is 2. The summed E-state index contributed by atoms with van der Waals surface area (Å²) < 4.78 is 37.5. The van der Waals surface area contributed by atoms with Gasteiger partial charge in [-0.25, -0.2) is 18.4 Å². The molecule has 3 rings (SSSR count). The number of ether oxygens (including phenoxy) is 2. The van der Waals surface area contributed by atoms with Gasteiger partial charge in [0, 0.05) is 12.2 Å². The highest BCUT2D eigenvalue weighted by molar-refractivity contribution is 5.95. The average molecular weight is 451 g/mol. The number of nitrogens with one attached hydrogen (secondary N) is 2. The number of likely N-dealkylation sites (tertiary alicyclic amines) is 1. The van der Waals surface area contributed by atoms with Gasteiger partial charge in [0.2, 0.25) is 0 Å². The predicted octanol–water partition coefficient (Wildman–Crippen LogP) is 2.41. The maximum Gasteiger partial charge on any atom is 0.338 e. The maximum atomic E-state index is 13.9. The van der Waals surface area contributed by atoms with Crippen LogP contribution in [0.4, 0.5) is 13.6 Å². The molecule has 32 heavy (non-hydrogen) atoms. The van der Waals surface area contributed by atoms with Crippen LogP contribution in [-0.2, 0) is 19.1 Å². The van der Waals surface area contributed by atoms with Gasteiger partial charge in [0.05, 0.1) is 30.7 Å². The van der Waals surface area contributed by atoms with Crippen LogP contribution in [0.1, 0.15) is 38.3 Å². The molecule has 0 radical (unpaired) electrons. The van der Waals surface area contributed by atoms with E-state index in [1.165, 1.54) is 6.07 Å². The smallest absolute Gasteiger partial charge is 0.338 e. The second-order valence-corrected chi connectivity index (χ2v) is 7.62. The van der Waals surface area contributed by atoms with Crippen molar-refractivity contribution in [2.75, 3.05) is 32.8 Å². The first kappa shape index (κ1) is 23.6. The number of esters is 2. The second kappa shape index (κ2) is 10.5. The predicted molar refractivity (Wildman–Crippen MR) is 110 cm³/mol. The van der Waals surface area contributed by atoms with Gasteiger partial charge in [0.1, 0.15) is 0 Å². The number of benzene rings is 1. The molecule has 1 fully saturated rings. The lowest BCUT2D eigenvalue weighted by atomic mass is 9.93. The third kappa shape index (κ3) is 5.42. The third-order valence-corrected chi connectivity index (χ3v) is 5.52. The fraction of sp³-hybridized carbons (Fsp3) is 0.500. The van der Waals surface area contributed by atoms with Gasteiger partial charge < -0.3 is 20.1 Å². The molecule has 174 valence electrons. The van der Waals surface area contributed by atoms with E-state index >= 15 is 0 Å². The van der Waals surface area contributed by atoms with Crippen LogP contribution in [0.5, 0.6) is 0 Å². The third-order valence-electron chi connectivity index (χ3n) is 5.52. The Morgan fingerprint density at radius 2 is 1.78 bits per heavy atom. The number of hydrogen-bond acceptors (Lipinski definition) is 6. The van der Waals surface area contributed by atoms with Crippen LogP contribution < -0.4 is 10.6 Å². The van der Waals surface area contributed by atoms with Gasteiger partial charge in [-0.2, -0.15) is 0 Å². The lowest BCUT2D eigenvalue weighted by Gasteiger charge is -2.35. The molecule has 0 unspecified atom stereocenters. The van der Waals surface area contributed by atoms with Crippen molar-refractivity contribution in [2.45, 2.75) is 32.7 Å². The van der Waals surface area contributed by atoms with Crippen LogP contribution in [0.3, 0.4) is 0 Å². The molecule has 2 heterocycles. The molecule has 1 saturated heterocycles. The van der Waals surface area contributed by atoms with Gasteiger partial charge in [-0.1, -0.05) is 6.07 Å². The summed E-state index contributed by atoms with van der Waals surface area (Å²) in [5, 5.41) is 5.26. The minimum atomic E-state index is -1.08. The Morgan fingerprint density at radius 1 is 1.09 bits per heavy atom. The van der Waals surface area contributed by atoms with Gasteiger partial charge in [-0.15, -0.1) is 0 Å². The van der Waals surface area contributed by atoms with E-state index in [1.807, 2.05) is 4.90 Å². The fourth-order valence-electron chi connectivity index (χ4n) is 3.94. The zero-order chi connectivity index (χ0) is 23.3. The molecule has 2 aliphatic heterocycles. The summed E-state index contributed by atoms with van der Waals surface area (Å²) in [7, 11) is 0. The van der Waals surface area contributed by atoms with Gasteiger partial charge in [0.15, 0.2) is 11.6 Å². The monoisotopic (exact) mass is 451 g/mol. The lowest BCUT2D eigenvalue weighted by Crippen LogP contribution is -2.49. The minimum Gasteiger partial charge on any atom is -0.466 e. The standard InChI is InChI=1S/C22H27F2N3O5/c1-3-31-20(28)13-7-9-27(10-8-13)12-17-18(21(29)32-4-2)19(26-22(30)25-17)14-5-6-15(23)16(24)11-14/h5-6,11,13,19H,3-4,7-10,12H2,1-2H3,(H2,25,26,30)/t19-/m1/s1. The highest BCUT2D eigenvalue weighted by atomic mass is 19.2. The molecule has 10 heteroatoms. The normalized spacial score (nSPS) is 19.9. The molecule has 2 aliphatic rings. The lowest BCUT2D eigenvalue weighted by molar-refractivity contribution is -0.149. The molecule has 0 spiro atoms. The molecule has 2 amide bonds. The molecule has 0 bridgehead atoms. The minimum absolute atomic E-state index is 0.110. The van der Waals surface area contributed by atoms with E-state index in [9.17, 15) is 23.2 Å². The van der Waals surface area contributed by atoms with Crippen molar-refractivity contribution in [1.82, 2.24) is 15.5 Å². The van der Waals surface area contributed by atoms with Crippen molar-refractivity contribution < 1.29 is 32.6 Å². The van der Waals surface area contributed by atoms with E-state index in [0.29, 0.717) is 38.2 Å². The largest absolute Gasteiger partial charge is 0.466 e. The molecular formula is C22H27F2N3O5. The van der Waals surface area contributed by atoms with Crippen LogP contribution in [0, 0.1) is 17.6 Å². The van der Waals surface area contributed by atoms with Gasteiger partial charge >= 0.3 is 18.0 Å². The highest BCUT2D eigenvalue weighted by Crippen LogP contribution is 2.30. The Labute approximate surface area is 184 Å². The van der Waals surface area contributed by atoms with Crippen molar-refractivity contribution >= 4 is 18.0 Å². The van der Waals surface area contributed by atoms with Crippen molar-refractivity contribution in [3.05, 3.63) is 46.7 Å². The van der Waals surface area contributed by atoms with Crippen LogP contribution in [0.15, 0.2) is 29.5 Å². The number of nitrogens with zero attached hydrogens (tertiary/aromatic N) is 1. The first-order valence-electron chi connectivity index (χ1n) is 10.7. The summed E-state index contributed by atoms with van der Waals surface area (Å²) in [5.41, 5.74) is 0.682. The van der Waals surface area contributed by atoms with E-state index in [1.54, 1.807) is 13.8 Å². The van der Waals surface area contributed by atoms with Crippen LogP contribution in [-0.4, -0.2) is 55.7 Å². The van der Waals surface area contributed by atoms with Crippen molar-refractivity contribution in [3.63, 3.8) is 0 Å². The van der Waals surface area contributed by atoms with Crippen LogP contribution >= 0.6 is 0 Å². The summed E-state index contributed by atoms with van der Waals surface area (Å²) in [6.07, 6.45) is 1.19. The zero-order valence-corrected chi connectivity index (χ0v) is 18.1. The molecule has 1 aromatic carbocycles. The molecule has 8 nitrogen and oxygen atoms in total. The summed E-state index contributed by atoms with van der Waals surface area (Å²) in [6.45, 7) is 5.24. The topological polar surface area (TPSA) is 97.0 Å². The molecule has 1 atom stereocenters. The van der Waals surface area contributed by atoms with Gasteiger partial charge in [0.25, 0.3) is 0 Å². The first-order chi connectivity index (χ1) is 15.3. The van der Waals surface area contributed by atoms with Crippen molar-refractivity contribution in [2.24, 2.45) is 5.92 Å². The Balaban J connectivity index is 1.86. The quantitative estimate of drug-likeness (QED) is 0.618. The van der Waals surface area contributed by atoms with Gasteiger partial charge in [-0.3, -0.25) is 9.69 Å². The molecule has 0 aliphatic carbocycles. The van der Waals surface area contributed by atoms with Gasteiger partial charge in [-0.05, 0) is 57.5 Å². The number of halogens is 2. The van der Waals surface area contributed by atoms with Crippen LogP contribution in [0.2, 0.25) is 0 Å². The molecule has 1 aromatic rings. The number of carbonyl (C=O) groups is 3. The zero-order valence-electron chi connectivity index (χ0n) is 18.1. The highest BCUT2D eigenvalue weighted by Gasteiger charge is 2.35. The fourth-order valence-corrected chi connectivity index (χ4v) is 3.94. The van der Waals surface area contributed by atoms with Crippen molar-refractivity contribution in [1.29, 1.82) is 0 Å². The van der Waals surface area contributed by atoms with E-state index in [4.69, 9.17) is 9.47 Å². The van der Waals surface area contributed by atoms with Crippen molar-refractivity contribution in [3.8, 4) is 0 Å².